The zero-order valence-corrected chi connectivity index (χ0v) is 9.94. The van der Waals surface area contributed by atoms with Crippen molar-refractivity contribution in [2.24, 2.45) is 11.1 Å². The Labute approximate surface area is 101 Å². The second kappa shape index (κ2) is 4.75. The highest BCUT2D eigenvalue weighted by Crippen LogP contribution is 2.44. The van der Waals surface area contributed by atoms with E-state index in [4.69, 9.17) is 15.2 Å². The van der Waals surface area contributed by atoms with Gasteiger partial charge in [-0.3, -0.25) is 0 Å². The lowest BCUT2D eigenvalue weighted by atomic mass is 10.1. The van der Waals surface area contributed by atoms with E-state index in [1.807, 2.05) is 6.07 Å². The normalized spacial score (nSPS) is 16.4. The molecule has 0 spiro atoms. The van der Waals surface area contributed by atoms with Gasteiger partial charge in [-0.2, -0.15) is 0 Å². The second-order valence-electron chi connectivity index (χ2n) is 4.48. The first-order valence-corrected chi connectivity index (χ1v) is 5.71. The summed E-state index contributed by atoms with van der Waals surface area (Å²) in [7, 11) is 1.36. The van der Waals surface area contributed by atoms with E-state index in [2.05, 4.69) is 0 Å². The van der Waals surface area contributed by atoms with Gasteiger partial charge in [0.2, 0.25) is 0 Å². The lowest BCUT2D eigenvalue weighted by Crippen LogP contribution is -2.23. The maximum atomic E-state index is 11.5. The first-order chi connectivity index (χ1) is 8.21. The van der Waals surface area contributed by atoms with Crippen molar-refractivity contribution in [3.63, 3.8) is 0 Å². The largest absolute Gasteiger partial charge is 0.492 e. The molecule has 1 aliphatic carbocycles. The number of rotatable bonds is 5. The van der Waals surface area contributed by atoms with Gasteiger partial charge in [0, 0.05) is 12.0 Å². The maximum Gasteiger partial charge on any atom is 0.341 e. The Balaban J connectivity index is 2.07. The van der Waals surface area contributed by atoms with E-state index < -0.39 is 0 Å². The summed E-state index contributed by atoms with van der Waals surface area (Å²) < 4.78 is 10.4. The summed E-state index contributed by atoms with van der Waals surface area (Å²) in [6.07, 6.45) is 2.20. The molecule has 0 atom stereocenters. The van der Waals surface area contributed by atoms with Gasteiger partial charge < -0.3 is 15.2 Å². The van der Waals surface area contributed by atoms with Crippen LogP contribution in [0.1, 0.15) is 23.2 Å². The molecule has 0 amide bonds. The number of hydrogen-bond acceptors (Lipinski definition) is 4. The van der Waals surface area contributed by atoms with Crippen molar-refractivity contribution in [3.8, 4) is 5.75 Å². The topological polar surface area (TPSA) is 61.5 Å². The van der Waals surface area contributed by atoms with E-state index in [-0.39, 0.29) is 11.4 Å². The van der Waals surface area contributed by atoms with Crippen LogP contribution < -0.4 is 10.5 Å². The Bertz CT molecular complexity index is 413. The maximum absolute atomic E-state index is 11.5. The molecular weight excluding hydrogens is 218 g/mol. The van der Waals surface area contributed by atoms with Crippen molar-refractivity contribution in [3.05, 3.63) is 29.8 Å². The van der Waals surface area contributed by atoms with Crippen LogP contribution in [-0.2, 0) is 4.74 Å². The van der Waals surface area contributed by atoms with Crippen molar-refractivity contribution in [2.45, 2.75) is 12.8 Å². The molecule has 4 nitrogen and oxygen atoms in total. The zero-order chi connectivity index (χ0) is 12.3. The Morgan fingerprint density at radius 2 is 2.12 bits per heavy atom. The Kier molecular flexibility index (Phi) is 3.33. The molecule has 0 radical (unpaired) electrons. The minimum Gasteiger partial charge on any atom is -0.492 e. The number of esters is 1. The molecule has 0 bridgehead atoms. The summed E-state index contributed by atoms with van der Waals surface area (Å²) >= 11 is 0. The predicted molar refractivity (Wildman–Crippen MR) is 64.0 cm³/mol. The molecule has 4 heteroatoms. The van der Waals surface area contributed by atoms with Crippen molar-refractivity contribution >= 4 is 5.97 Å². The average molecular weight is 235 g/mol. The van der Waals surface area contributed by atoms with Gasteiger partial charge in [-0.05, 0) is 25.0 Å². The van der Waals surface area contributed by atoms with Crippen LogP contribution in [0.15, 0.2) is 24.3 Å². The Morgan fingerprint density at radius 3 is 2.71 bits per heavy atom. The fourth-order valence-electron chi connectivity index (χ4n) is 1.69. The van der Waals surface area contributed by atoms with Crippen LogP contribution in [0.4, 0.5) is 0 Å². The highest BCUT2D eigenvalue weighted by molar-refractivity contribution is 5.92. The molecule has 92 valence electrons. The molecule has 1 aromatic rings. The monoisotopic (exact) mass is 235 g/mol. The average Bonchev–Trinajstić information content (AvgIpc) is 3.16. The standard InChI is InChI=1S/C13H17NO3/c1-16-12(15)10-4-2-3-5-11(10)17-9-13(8-14)6-7-13/h2-5H,6-9,14H2,1H3. The van der Waals surface area contributed by atoms with Crippen LogP contribution in [-0.4, -0.2) is 26.2 Å². The third kappa shape index (κ3) is 2.58. The number of carbonyl (C=O) groups excluding carboxylic acids is 1. The lowest BCUT2D eigenvalue weighted by Gasteiger charge is -2.15. The quantitative estimate of drug-likeness (QED) is 0.787. The van der Waals surface area contributed by atoms with E-state index >= 15 is 0 Å². The molecule has 1 aromatic carbocycles. The molecular formula is C13H17NO3. The van der Waals surface area contributed by atoms with Gasteiger partial charge in [-0.15, -0.1) is 0 Å². The third-order valence-electron chi connectivity index (χ3n) is 3.22. The molecule has 0 unspecified atom stereocenters. The summed E-state index contributed by atoms with van der Waals surface area (Å²) in [5.74, 6) is 0.192. The van der Waals surface area contributed by atoms with Crippen molar-refractivity contribution in [2.75, 3.05) is 20.3 Å². The van der Waals surface area contributed by atoms with Gasteiger partial charge in [-0.25, -0.2) is 4.79 Å². The molecule has 1 fully saturated rings. The molecule has 1 saturated carbocycles. The molecule has 2 N–H and O–H groups in total. The van der Waals surface area contributed by atoms with Crippen LogP contribution in [0, 0.1) is 5.41 Å². The summed E-state index contributed by atoms with van der Waals surface area (Å²) in [6.45, 7) is 1.20. The second-order valence-corrected chi connectivity index (χ2v) is 4.48. The van der Waals surface area contributed by atoms with E-state index in [0.29, 0.717) is 24.5 Å². The van der Waals surface area contributed by atoms with Gasteiger partial charge in [0.05, 0.1) is 13.7 Å². The summed E-state index contributed by atoms with van der Waals surface area (Å²) in [5.41, 5.74) is 6.27. The smallest absolute Gasteiger partial charge is 0.341 e. The highest BCUT2D eigenvalue weighted by Gasteiger charge is 2.42. The molecule has 0 aliphatic heterocycles. The van der Waals surface area contributed by atoms with Crippen molar-refractivity contribution < 1.29 is 14.3 Å². The summed E-state index contributed by atoms with van der Waals surface area (Å²) in [6, 6.07) is 7.10. The molecule has 0 aromatic heterocycles. The first-order valence-electron chi connectivity index (χ1n) is 5.71. The summed E-state index contributed by atoms with van der Waals surface area (Å²) in [4.78, 5) is 11.5. The first kappa shape index (κ1) is 11.9. The van der Waals surface area contributed by atoms with Crippen LogP contribution in [0.3, 0.4) is 0 Å². The van der Waals surface area contributed by atoms with Crippen LogP contribution in [0.5, 0.6) is 5.75 Å². The van der Waals surface area contributed by atoms with E-state index in [1.54, 1.807) is 18.2 Å². The van der Waals surface area contributed by atoms with E-state index in [9.17, 15) is 4.79 Å². The number of hydrogen-bond donors (Lipinski definition) is 1. The number of benzene rings is 1. The molecule has 0 saturated heterocycles. The fraction of sp³-hybridized carbons (Fsp3) is 0.462. The fourth-order valence-corrected chi connectivity index (χ4v) is 1.69. The molecule has 1 aliphatic rings. The number of methoxy groups -OCH3 is 1. The van der Waals surface area contributed by atoms with Gasteiger partial charge in [-0.1, -0.05) is 12.1 Å². The minimum atomic E-state index is -0.377. The number of carbonyl (C=O) groups is 1. The number of nitrogens with two attached hydrogens (primary N) is 1. The number of para-hydroxylation sites is 1. The zero-order valence-electron chi connectivity index (χ0n) is 9.94. The highest BCUT2D eigenvalue weighted by atomic mass is 16.5. The van der Waals surface area contributed by atoms with Crippen molar-refractivity contribution in [1.82, 2.24) is 0 Å². The van der Waals surface area contributed by atoms with Crippen molar-refractivity contribution in [1.29, 1.82) is 0 Å². The van der Waals surface area contributed by atoms with Gasteiger partial charge >= 0.3 is 5.97 Å². The summed E-state index contributed by atoms with van der Waals surface area (Å²) in [5, 5.41) is 0. The van der Waals surface area contributed by atoms with Crippen LogP contribution in [0.2, 0.25) is 0 Å². The lowest BCUT2D eigenvalue weighted by molar-refractivity contribution is 0.0594. The SMILES string of the molecule is COC(=O)c1ccccc1OCC1(CN)CC1. The van der Waals surface area contributed by atoms with Gasteiger partial charge in [0.25, 0.3) is 0 Å². The minimum absolute atomic E-state index is 0.128. The van der Waals surface area contributed by atoms with Gasteiger partial charge in [0.1, 0.15) is 11.3 Å². The van der Waals surface area contributed by atoms with E-state index in [0.717, 1.165) is 12.8 Å². The predicted octanol–water partition coefficient (Wildman–Crippen LogP) is 1.59. The molecule has 17 heavy (non-hydrogen) atoms. The molecule has 0 heterocycles. The Hall–Kier alpha value is -1.55. The molecule has 2 rings (SSSR count). The van der Waals surface area contributed by atoms with E-state index in [1.165, 1.54) is 7.11 Å². The van der Waals surface area contributed by atoms with Crippen LogP contribution in [0.25, 0.3) is 0 Å². The third-order valence-corrected chi connectivity index (χ3v) is 3.22. The Morgan fingerprint density at radius 1 is 1.41 bits per heavy atom. The van der Waals surface area contributed by atoms with Gasteiger partial charge in [0.15, 0.2) is 0 Å². The van der Waals surface area contributed by atoms with Crippen LogP contribution >= 0.6 is 0 Å². The number of ether oxygens (including phenoxy) is 2.